The number of halogens is 3. The summed E-state index contributed by atoms with van der Waals surface area (Å²) in [4.78, 5) is 24.8. The molecule has 3 aromatic rings. The van der Waals surface area contributed by atoms with Crippen LogP contribution in [0.25, 0.3) is 0 Å². The predicted molar refractivity (Wildman–Crippen MR) is 125 cm³/mol. The first-order valence-corrected chi connectivity index (χ1v) is 10.8. The molecule has 8 heteroatoms. The number of hydrogen-bond acceptors (Lipinski definition) is 3. The largest absolute Gasteiger partial charge is 0.484 e. The number of carbonyl (C=O) groups is 2. The van der Waals surface area contributed by atoms with Gasteiger partial charge in [-0.2, -0.15) is 13.2 Å². The normalized spacial score (nSPS) is 11.1. The highest BCUT2D eigenvalue weighted by Crippen LogP contribution is 2.30. The van der Waals surface area contributed by atoms with Crippen molar-refractivity contribution in [2.75, 3.05) is 17.2 Å². The summed E-state index contributed by atoms with van der Waals surface area (Å²) in [5.74, 6) is -0.487. The molecule has 2 amide bonds. The fraction of sp³-hybridized carbons (Fsp3) is 0.231. The van der Waals surface area contributed by atoms with E-state index in [2.05, 4.69) is 10.6 Å². The van der Waals surface area contributed by atoms with E-state index < -0.39 is 17.6 Å². The van der Waals surface area contributed by atoms with Crippen molar-refractivity contribution < 1.29 is 27.5 Å². The van der Waals surface area contributed by atoms with Gasteiger partial charge in [0.2, 0.25) is 0 Å². The van der Waals surface area contributed by atoms with Gasteiger partial charge in [-0.1, -0.05) is 38.1 Å². The van der Waals surface area contributed by atoms with Crippen molar-refractivity contribution in [3.8, 4) is 5.75 Å². The van der Waals surface area contributed by atoms with Crippen LogP contribution in [0.4, 0.5) is 24.5 Å². The van der Waals surface area contributed by atoms with Crippen LogP contribution in [0.15, 0.2) is 66.7 Å². The van der Waals surface area contributed by atoms with Crippen molar-refractivity contribution in [1.29, 1.82) is 0 Å². The van der Waals surface area contributed by atoms with Gasteiger partial charge >= 0.3 is 6.18 Å². The van der Waals surface area contributed by atoms with E-state index in [-0.39, 0.29) is 23.8 Å². The molecule has 5 nitrogen and oxygen atoms in total. The number of benzene rings is 3. The molecule has 0 atom stereocenters. The monoisotopic (exact) mass is 470 g/mol. The number of rotatable bonds is 8. The van der Waals surface area contributed by atoms with E-state index >= 15 is 0 Å². The molecule has 0 spiro atoms. The lowest BCUT2D eigenvalue weighted by molar-refractivity contribution is -0.137. The minimum atomic E-state index is -4.50. The highest BCUT2D eigenvalue weighted by atomic mass is 19.4. The summed E-state index contributed by atoms with van der Waals surface area (Å²) in [6.45, 7) is 3.83. The van der Waals surface area contributed by atoms with E-state index in [4.69, 9.17) is 4.74 Å². The zero-order chi connectivity index (χ0) is 24.7. The van der Waals surface area contributed by atoms with Crippen LogP contribution in [0.2, 0.25) is 0 Å². The lowest BCUT2D eigenvalue weighted by Gasteiger charge is -2.15. The topological polar surface area (TPSA) is 67.4 Å². The fourth-order valence-corrected chi connectivity index (χ4v) is 3.41. The molecule has 0 aliphatic carbocycles. The van der Waals surface area contributed by atoms with Crippen LogP contribution >= 0.6 is 0 Å². The molecular formula is C26H25F3N2O3. The van der Waals surface area contributed by atoms with Gasteiger partial charge < -0.3 is 15.4 Å². The van der Waals surface area contributed by atoms with Crippen molar-refractivity contribution in [3.63, 3.8) is 0 Å². The Balaban J connectivity index is 1.58. The Labute approximate surface area is 195 Å². The molecule has 178 valence electrons. The van der Waals surface area contributed by atoms with Crippen LogP contribution in [0.3, 0.4) is 0 Å². The second kappa shape index (κ2) is 10.9. The van der Waals surface area contributed by atoms with E-state index in [0.29, 0.717) is 5.75 Å². The average molecular weight is 470 g/mol. The molecule has 0 saturated heterocycles. The van der Waals surface area contributed by atoms with Gasteiger partial charge in [0.1, 0.15) is 5.75 Å². The molecule has 0 aromatic heterocycles. The van der Waals surface area contributed by atoms with Gasteiger partial charge in [-0.25, -0.2) is 0 Å². The molecule has 34 heavy (non-hydrogen) atoms. The molecule has 0 aliphatic heterocycles. The standard InChI is InChI=1S/C26H25F3N2O3/c1-3-17-7-5-8-18(4-2)24(17)31-23(32)16-34-22-13-11-19(12-14-22)25(33)30-21-10-6-9-20(15-21)26(27,28)29/h5-15H,3-4,16H2,1-2H3,(H,30,33)(H,31,32). The van der Waals surface area contributed by atoms with Gasteiger partial charge in [-0.05, 0) is 66.4 Å². The van der Waals surface area contributed by atoms with Gasteiger partial charge in [0, 0.05) is 16.9 Å². The van der Waals surface area contributed by atoms with Crippen molar-refractivity contribution >= 4 is 23.2 Å². The van der Waals surface area contributed by atoms with Gasteiger partial charge in [0.05, 0.1) is 5.56 Å². The summed E-state index contributed by atoms with van der Waals surface area (Å²) in [5, 5.41) is 5.36. The summed E-state index contributed by atoms with van der Waals surface area (Å²) in [7, 11) is 0. The Hall–Kier alpha value is -3.81. The average Bonchev–Trinajstić information content (AvgIpc) is 2.82. The van der Waals surface area contributed by atoms with E-state index in [1.165, 1.54) is 36.4 Å². The second-order valence-corrected chi connectivity index (χ2v) is 7.55. The van der Waals surface area contributed by atoms with Crippen LogP contribution in [0.5, 0.6) is 5.75 Å². The number of hydrogen-bond donors (Lipinski definition) is 2. The van der Waals surface area contributed by atoms with Crippen molar-refractivity contribution in [2.45, 2.75) is 32.9 Å². The maximum absolute atomic E-state index is 12.8. The number of para-hydroxylation sites is 1. The first kappa shape index (κ1) is 24.8. The molecule has 0 saturated carbocycles. The summed E-state index contributed by atoms with van der Waals surface area (Å²) < 4.78 is 44.1. The van der Waals surface area contributed by atoms with Crippen LogP contribution in [-0.2, 0) is 23.8 Å². The molecule has 0 bridgehead atoms. The number of ether oxygens (including phenoxy) is 1. The predicted octanol–water partition coefficient (Wildman–Crippen LogP) is 6.10. The fourth-order valence-electron chi connectivity index (χ4n) is 3.41. The third-order valence-electron chi connectivity index (χ3n) is 5.20. The zero-order valence-electron chi connectivity index (χ0n) is 18.8. The summed E-state index contributed by atoms with van der Waals surface area (Å²) in [6.07, 6.45) is -2.93. The highest BCUT2D eigenvalue weighted by Gasteiger charge is 2.30. The van der Waals surface area contributed by atoms with Crippen molar-refractivity contribution in [2.24, 2.45) is 0 Å². The SMILES string of the molecule is CCc1cccc(CC)c1NC(=O)COc1ccc(C(=O)Nc2cccc(C(F)(F)F)c2)cc1. The summed E-state index contributed by atoms with van der Waals surface area (Å²) in [5.41, 5.74) is 2.32. The first-order valence-electron chi connectivity index (χ1n) is 10.8. The number of amides is 2. The number of anilines is 2. The lowest BCUT2D eigenvalue weighted by atomic mass is 10.0. The van der Waals surface area contributed by atoms with Gasteiger partial charge in [-0.3, -0.25) is 9.59 Å². The Kier molecular flexibility index (Phi) is 7.94. The van der Waals surface area contributed by atoms with Crippen LogP contribution in [0, 0.1) is 0 Å². The van der Waals surface area contributed by atoms with Crippen molar-refractivity contribution in [1.82, 2.24) is 0 Å². The van der Waals surface area contributed by atoms with E-state index in [9.17, 15) is 22.8 Å². The Morgan fingerprint density at radius 3 is 2.06 bits per heavy atom. The molecule has 2 N–H and O–H groups in total. The van der Waals surface area contributed by atoms with E-state index in [1.54, 1.807) is 0 Å². The molecule has 0 heterocycles. The maximum Gasteiger partial charge on any atom is 0.416 e. The number of nitrogens with one attached hydrogen (secondary N) is 2. The Bertz CT molecular complexity index is 1140. The lowest BCUT2D eigenvalue weighted by Crippen LogP contribution is -2.21. The number of aryl methyl sites for hydroxylation is 2. The smallest absolute Gasteiger partial charge is 0.416 e. The quantitative estimate of drug-likeness (QED) is 0.418. The number of carbonyl (C=O) groups excluding carboxylic acids is 2. The molecule has 0 unspecified atom stereocenters. The van der Waals surface area contributed by atoms with Gasteiger partial charge in [0.15, 0.2) is 6.61 Å². The van der Waals surface area contributed by atoms with Crippen LogP contribution < -0.4 is 15.4 Å². The Morgan fingerprint density at radius 2 is 1.47 bits per heavy atom. The van der Waals surface area contributed by atoms with E-state index in [0.717, 1.165) is 41.8 Å². The minimum absolute atomic E-state index is 0.0376. The third-order valence-corrected chi connectivity index (χ3v) is 5.20. The molecular weight excluding hydrogens is 445 g/mol. The maximum atomic E-state index is 12.8. The van der Waals surface area contributed by atoms with E-state index in [1.807, 2.05) is 32.0 Å². The van der Waals surface area contributed by atoms with Crippen LogP contribution in [-0.4, -0.2) is 18.4 Å². The molecule has 0 aliphatic rings. The summed E-state index contributed by atoms with van der Waals surface area (Å²) >= 11 is 0. The van der Waals surface area contributed by atoms with Crippen molar-refractivity contribution in [3.05, 3.63) is 89.0 Å². The van der Waals surface area contributed by atoms with Crippen LogP contribution in [0.1, 0.15) is 40.9 Å². The second-order valence-electron chi connectivity index (χ2n) is 7.55. The molecule has 3 rings (SSSR count). The zero-order valence-corrected chi connectivity index (χ0v) is 18.8. The first-order chi connectivity index (χ1) is 16.2. The molecule has 0 radical (unpaired) electrons. The highest BCUT2D eigenvalue weighted by molar-refractivity contribution is 6.04. The van der Waals surface area contributed by atoms with Gasteiger partial charge in [-0.15, -0.1) is 0 Å². The molecule has 3 aromatic carbocycles. The minimum Gasteiger partial charge on any atom is -0.484 e. The van der Waals surface area contributed by atoms with Gasteiger partial charge in [0.25, 0.3) is 11.8 Å². The molecule has 0 fully saturated rings. The Morgan fingerprint density at radius 1 is 0.853 bits per heavy atom. The number of alkyl halides is 3. The third kappa shape index (κ3) is 6.37. The summed E-state index contributed by atoms with van der Waals surface area (Å²) in [6, 6.07) is 16.3.